The summed E-state index contributed by atoms with van der Waals surface area (Å²) >= 11 is 0. The molecular formula is C3H2N2O. The third-order valence-electron chi connectivity index (χ3n) is 0.283. The Hall–Kier alpha value is -0.860. The van der Waals surface area contributed by atoms with Crippen LogP contribution >= 0.6 is 0 Å². The van der Waals surface area contributed by atoms with Crippen molar-refractivity contribution in [3.05, 3.63) is 19.8 Å². The minimum Gasteiger partial charge on any atom is -0.245 e. The Bertz CT molecular complexity index is 65.3. The van der Waals surface area contributed by atoms with Crippen LogP contribution in [-0.4, -0.2) is 10.3 Å². The van der Waals surface area contributed by atoms with Gasteiger partial charge in [0.15, 0.2) is 0 Å². The van der Waals surface area contributed by atoms with E-state index in [-0.39, 0.29) is 7.43 Å². The lowest BCUT2D eigenvalue weighted by Crippen LogP contribution is -1.44. The Labute approximate surface area is 35.9 Å². The molecule has 4 radical (unpaired) electrons. The lowest BCUT2D eigenvalue weighted by molar-refractivity contribution is 0.307. The number of aromatic nitrogens is 2. The number of hydrogen-bond acceptors (Lipinski definition) is 3. The van der Waals surface area contributed by atoms with E-state index in [9.17, 15) is 0 Å². The predicted octanol–water partition coefficient (Wildman–Crippen LogP) is 0.151. The molecule has 0 unspecified atom stereocenters. The molecule has 0 saturated carbocycles. The fourth-order valence-corrected chi connectivity index (χ4v) is 0.136. The summed E-state index contributed by atoms with van der Waals surface area (Å²) in [5.74, 6) is 0. The van der Waals surface area contributed by atoms with Crippen molar-refractivity contribution in [1.82, 2.24) is 10.3 Å². The minimum absolute atomic E-state index is 0. The first-order valence-electron chi connectivity index (χ1n) is 1.21. The minimum atomic E-state index is 0. The molecule has 0 bridgehead atoms. The Morgan fingerprint density at radius 2 is 1.67 bits per heavy atom. The highest BCUT2D eigenvalue weighted by molar-refractivity contribution is 4.51. The summed E-state index contributed by atoms with van der Waals surface area (Å²) in [7, 11) is 0. The first kappa shape index (κ1) is 5.14. The molecule has 30 valence electrons. The molecule has 0 spiro atoms. The van der Waals surface area contributed by atoms with Gasteiger partial charge in [-0.2, -0.15) is 0 Å². The zero-order valence-electron chi connectivity index (χ0n) is 2.96. The Balaban J connectivity index is 0.000000250. The molecular weight excluding hydrogens is 80.0 g/mol. The Morgan fingerprint density at radius 3 is 1.83 bits per heavy atom. The van der Waals surface area contributed by atoms with Gasteiger partial charge in [0.1, 0.15) is 0 Å². The van der Waals surface area contributed by atoms with E-state index in [1.165, 1.54) is 12.4 Å². The van der Waals surface area contributed by atoms with Gasteiger partial charge in [0.2, 0.25) is 0 Å². The van der Waals surface area contributed by atoms with Crippen LogP contribution in [0.25, 0.3) is 0 Å². The van der Waals surface area contributed by atoms with Crippen LogP contribution in [0, 0.1) is 7.43 Å². The van der Waals surface area contributed by atoms with Crippen LogP contribution in [0.15, 0.2) is 17.0 Å². The van der Waals surface area contributed by atoms with E-state index < -0.39 is 0 Å². The maximum atomic E-state index is 4.08. The molecule has 1 aromatic rings. The predicted molar refractivity (Wildman–Crippen MR) is 17.5 cm³/mol. The van der Waals surface area contributed by atoms with Crippen LogP contribution in [0.2, 0.25) is 0 Å². The summed E-state index contributed by atoms with van der Waals surface area (Å²) in [6.45, 7) is 0. The van der Waals surface area contributed by atoms with Crippen molar-refractivity contribution in [2.24, 2.45) is 0 Å². The SMILES string of the molecule is [C].c1cnon1. The molecule has 1 rings (SSSR count). The molecule has 3 nitrogen and oxygen atoms in total. The Morgan fingerprint density at radius 1 is 1.17 bits per heavy atom. The molecule has 0 N–H and O–H groups in total. The summed E-state index contributed by atoms with van der Waals surface area (Å²) in [5, 5.41) is 6.47. The van der Waals surface area contributed by atoms with Gasteiger partial charge in [-0.1, -0.05) is 10.3 Å². The van der Waals surface area contributed by atoms with Gasteiger partial charge < -0.3 is 0 Å². The van der Waals surface area contributed by atoms with E-state index in [1.807, 2.05) is 0 Å². The van der Waals surface area contributed by atoms with Crippen LogP contribution in [0.5, 0.6) is 0 Å². The molecule has 0 aliphatic carbocycles. The summed E-state index contributed by atoms with van der Waals surface area (Å²) in [5.41, 5.74) is 0. The molecule has 1 aromatic heterocycles. The van der Waals surface area contributed by atoms with Crippen molar-refractivity contribution in [3.63, 3.8) is 0 Å². The van der Waals surface area contributed by atoms with Crippen molar-refractivity contribution < 1.29 is 4.63 Å². The lowest BCUT2D eigenvalue weighted by atomic mass is 11.0. The third-order valence-corrected chi connectivity index (χ3v) is 0.283. The van der Waals surface area contributed by atoms with Gasteiger partial charge in [0, 0.05) is 7.43 Å². The summed E-state index contributed by atoms with van der Waals surface area (Å²) < 4.78 is 4.08. The van der Waals surface area contributed by atoms with Crippen molar-refractivity contribution in [3.8, 4) is 0 Å². The van der Waals surface area contributed by atoms with Gasteiger partial charge in [-0.05, 0) is 0 Å². The van der Waals surface area contributed by atoms with E-state index in [0.29, 0.717) is 0 Å². The van der Waals surface area contributed by atoms with Crippen LogP contribution < -0.4 is 0 Å². The van der Waals surface area contributed by atoms with Crippen molar-refractivity contribution in [1.29, 1.82) is 0 Å². The average molecular weight is 82.1 g/mol. The van der Waals surface area contributed by atoms with Crippen LogP contribution in [0.4, 0.5) is 0 Å². The maximum absolute atomic E-state index is 4.08. The molecule has 1 heterocycles. The van der Waals surface area contributed by atoms with E-state index in [2.05, 4.69) is 14.9 Å². The van der Waals surface area contributed by atoms with E-state index in [0.717, 1.165) is 0 Å². The second kappa shape index (κ2) is 2.38. The second-order valence-electron chi connectivity index (χ2n) is 0.591. The lowest BCUT2D eigenvalue weighted by Gasteiger charge is -1.45. The van der Waals surface area contributed by atoms with Crippen LogP contribution in [0.3, 0.4) is 0 Å². The quantitative estimate of drug-likeness (QED) is 0.447. The van der Waals surface area contributed by atoms with E-state index >= 15 is 0 Å². The fraction of sp³-hybridized carbons (Fsp3) is 0. The zero-order valence-corrected chi connectivity index (χ0v) is 2.96. The molecule has 0 aromatic carbocycles. The highest BCUT2D eigenvalue weighted by atomic mass is 16.6. The summed E-state index contributed by atoms with van der Waals surface area (Å²) in [6.07, 6.45) is 2.94. The third kappa shape index (κ3) is 0.839. The standard InChI is InChI=1S/C2H2N2O.C/c1-2-4-5-3-1;/h1-2H;. The van der Waals surface area contributed by atoms with Crippen LogP contribution in [-0.2, 0) is 0 Å². The topological polar surface area (TPSA) is 38.9 Å². The maximum Gasteiger partial charge on any atom is 0.0913 e. The van der Waals surface area contributed by atoms with E-state index in [4.69, 9.17) is 0 Å². The van der Waals surface area contributed by atoms with Crippen molar-refractivity contribution in [2.75, 3.05) is 0 Å². The fourth-order valence-electron chi connectivity index (χ4n) is 0.136. The van der Waals surface area contributed by atoms with Gasteiger partial charge >= 0.3 is 0 Å². The highest BCUT2D eigenvalue weighted by Gasteiger charge is 1.61. The number of hydrogen-bond donors (Lipinski definition) is 0. The first-order valence-corrected chi connectivity index (χ1v) is 1.21. The highest BCUT2D eigenvalue weighted by Crippen LogP contribution is 1.62. The number of rotatable bonds is 0. The van der Waals surface area contributed by atoms with Gasteiger partial charge in [0.25, 0.3) is 0 Å². The second-order valence-corrected chi connectivity index (χ2v) is 0.591. The van der Waals surface area contributed by atoms with Gasteiger partial charge in [-0.25, -0.2) is 4.63 Å². The van der Waals surface area contributed by atoms with Crippen molar-refractivity contribution >= 4 is 0 Å². The van der Waals surface area contributed by atoms with Gasteiger partial charge in [-0.3, -0.25) is 0 Å². The molecule has 0 fully saturated rings. The number of nitrogens with zero attached hydrogens (tertiary/aromatic N) is 2. The van der Waals surface area contributed by atoms with Gasteiger partial charge in [0.05, 0.1) is 12.4 Å². The van der Waals surface area contributed by atoms with Crippen molar-refractivity contribution in [2.45, 2.75) is 0 Å². The van der Waals surface area contributed by atoms with E-state index in [1.54, 1.807) is 0 Å². The summed E-state index contributed by atoms with van der Waals surface area (Å²) in [6, 6.07) is 0. The van der Waals surface area contributed by atoms with Crippen LogP contribution in [0.1, 0.15) is 0 Å². The zero-order chi connectivity index (χ0) is 3.54. The smallest absolute Gasteiger partial charge is 0.0913 e. The molecule has 0 atom stereocenters. The average Bonchev–Trinajstić information content (AvgIpc) is 1.76. The van der Waals surface area contributed by atoms with Gasteiger partial charge in [-0.15, -0.1) is 0 Å². The largest absolute Gasteiger partial charge is 0.245 e. The molecule has 3 heteroatoms. The molecule has 6 heavy (non-hydrogen) atoms. The Kier molecular flexibility index (Phi) is 2.04. The normalized spacial score (nSPS) is 6.67. The molecule has 0 aliphatic heterocycles. The first-order chi connectivity index (χ1) is 2.50. The monoisotopic (exact) mass is 82.0 g/mol. The molecule has 0 saturated heterocycles. The summed E-state index contributed by atoms with van der Waals surface area (Å²) in [4.78, 5) is 0. The molecule has 0 amide bonds. The molecule has 0 aliphatic rings.